The minimum atomic E-state index is -0.203. The van der Waals surface area contributed by atoms with Gasteiger partial charge in [-0.1, -0.05) is 45.7 Å². The molecule has 1 aliphatic carbocycles. The molecule has 0 spiro atoms. The number of rotatable bonds is 7. The molecule has 1 fully saturated rings. The Morgan fingerprint density at radius 3 is 2.53 bits per heavy atom. The van der Waals surface area contributed by atoms with Crippen molar-refractivity contribution in [2.24, 2.45) is 0 Å². The fraction of sp³-hybridized carbons (Fsp3) is 0.545. The predicted molar refractivity (Wildman–Crippen MR) is 121 cm³/mol. The van der Waals surface area contributed by atoms with Gasteiger partial charge in [-0.05, 0) is 54.8 Å². The average molecular weight is 430 g/mol. The monoisotopic (exact) mass is 429 g/mol. The van der Waals surface area contributed by atoms with Crippen LogP contribution in [-0.2, 0) is 12.0 Å². The van der Waals surface area contributed by atoms with Crippen LogP contribution in [0.15, 0.2) is 30.6 Å². The number of benzene rings is 1. The Bertz CT molecular complexity index is 832. The zero-order valence-corrected chi connectivity index (χ0v) is 19.0. The summed E-state index contributed by atoms with van der Waals surface area (Å²) in [6, 6.07) is 7.86. The van der Waals surface area contributed by atoms with E-state index in [4.69, 9.17) is 4.74 Å². The topological polar surface area (TPSA) is 80.2 Å². The largest absolute Gasteiger partial charge is 0.486 e. The van der Waals surface area contributed by atoms with Gasteiger partial charge in [-0.3, -0.25) is 0 Å². The molecule has 0 atom stereocenters. The van der Waals surface area contributed by atoms with Crippen molar-refractivity contribution in [1.82, 2.24) is 20.3 Å². The molecule has 1 heterocycles. The summed E-state index contributed by atoms with van der Waals surface area (Å²) in [7, 11) is 0. The lowest BCUT2D eigenvalue weighted by Crippen LogP contribution is -2.37. The van der Waals surface area contributed by atoms with Crippen molar-refractivity contribution in [3.8, 4) is 5.75 Å². The van der Waals surface area contributed by atoms with Gasteiger partial charge in [0.1, 0.15) is 18.7 Å². The summed E-state index contributed by atoms with van der Waals surface area (Å²) in [5.74, 6) is 1.58. The number of carbonyl (C=O) groups is 1. The Labute approximate surface area is 183 Å². The third kappa shape index (κ3) is 6.08. The second-order valence-corrected chi connectivity index (χ2v) is 9.65. The van der Waals surface area contributed by atoms with Crippen molar-refractivity contribution in [2.45, 2.75) is 70.7 Å². The van der Waals surface area contributed by atoms with Crippen LogP contribution in [0.2, 0.25) is 0 Å². The standard InChI is InChI=1S/C22H31N5O2S/c1-5-23-21(28)27(30-18-8-6-7-9-18)20-25-15-24-19(26-20)14-29-17-12-10-16(11-13-17)22(2,3)4/h10-13,15,18H,5-9,14H2,1-4H3,(H,23,28). The maximum atomic E-state index is 12.6. The number of anilines is 1. The second-order valence-electron chi connectivity index (χ2n) is 8.41. The van der Waals surface area contributed by atoms with Crippen LogP contribution >= 0.6 is 11.9 Å². The SMILES string of the molecule is CCNC(=O)N(SC1CCCC1)c1ncnc(COc2ccc(C(C)(C)C)cc2)n1. The number of aromatic nitrogens is 3. The molecule has 2 amide bonds. The van der Waals surface area contributed by atoms with E-state index >= 15 is 0 Å². The highest BCUT2D eigenvalue weighted by atomic mass is 32.2. The van der Waals surface area contributed by atoms with Gasteiger partial charge in [0.05, 0.1) is 0 Å². The van der Waals surface area contributed by atoms with E-state index in [0.29, 0.717) is 23.6 Å². The van der Waals surface area contributed by atoms with E-state index in [0.717, 1.165) is 18.6 Å². The van der Waals surface area contributed by atoms with Gasteiger partial charge in [0.2, 0.25) is 5.95 Å². The Morgan fingerprint density at radius 1 is 1.20 bits per heavy atom. The predicted octanol–water partition coefficient (Wildman–Crippen LogP) is 4.87. The zero-order valence-electron chi connectivity index (χ0n) is 18.2. The molecule has 2 aromatic rings. The lowest BCUT2D eigenvalue weighted by molar-refractivity contribution is 0.250. The molecule has 1 aromatic heterocycles. The van der Waals surface area contributed by atoms with Crippen LogP contribution in [0.25, 0.3) is 0 Å². The first kappa shape index (κ1) is 22.3. The normalized spacial score (nSPS) is 14.5. The highest BCUT2D eigenvalue weighted by Crippen LogP contribution is 2.33. The molecule has 1 N–H and O–H groups in total. The highest BCUT2D eigenvalue weighted by molar-refractivity contribution is 8.01. The molecule has 8 heteroatoms. The van der Waals surface area contributed by atoms with Crippen molar-refractivity contribution < 1.29 is 9.53 Å². The maximum absolute atomic E-state index is 12.6. The van der Waals surface area contributed by atoms with Crippen LogP contribution in [0.5, 0.6) is 5.75 Å². The molecular formula is C22H31N5O2S. The molecular weight excluding hydrogens is 398 g/mol. The van der Waals surface area contributed by atoms with E-state index in [-0.39, 0.29) is 18.1 Å². The van der Waals surface area contributed by atoms with Crippen LogP contribution in [0.4, 0.5) is 10.7 Å². The van der Waals surface area contributed by atoms with Crippen LogP contribution in [-0.4, -0.2) is 32.8 Å². The van der Waals surface area contributed by atoms with Crippen molar-refractivity contribution in [2.75, 3.05) is 10.8 Å². The van der Waals surface area contributed by atoms with Crippen LogP contribution in [0.3, 0.4) is 0 Å². The Morgan fingerprint density at radius 2 is 1.90 bits per heavy atom. The number of hydrogen-bond acceptors (Lipinski definition) is 6. The lowest BCUT2D eigenvalue weighted by atomic mass is 9.87. The number of nitrogens with one attached hydrogen (secondary N) is 1. The van der Waals surface area contributed by atoms with E-state index in [1.165, 1.54) is 36.7 Å². The number of carbonyl (C=O) groups excluding carboxylic acids is 1. The van der Waals surface area contributed by atoms with Crippen molar-refractivity contribution in [3.05, 3.63) is 42.0 Å². The molecule has 0 unspecified atom stereocenters. The summed E-state index contributed by atoms with van der Waals surface area (Å²) < 4.78 is 7.42. The third-order valence-electron chi connectivity index (χ3n) is 4.95. The minimum absolute atomic E-state index is 0.0984. The molecule has 7 nitrogen and oxygen atoms in total. The third-order valence-corrected chi connectivity index (χ3v) is 6.26. The first-order valence-electron chi connectivity index (χ1n) is 10.5. The first-order valence-corrected chi connectivity index (χ1v) is 11.4. The van der Waals surface area contributed by atoms with Crippen molar-refractivity contribution >= 4 is 23.9 Å². The molecule has 162 valence electrons. The van der Waals surface area contributed by atoms with Gasteiger partial charge >= 0.3 is 6.03 Å². The van der Waals surface area contributed by atoms with E-state index < -0.39 is 0 Å². The molecule has 1 aromatic carbocycles. The van der Waals surface area contributed by atoms with Crippen LogP contribution in [0.1, 0.15) is 64.8 Å². The number of hydrogen-bond donors (Lipinski definition) is 1. The van der Waals surface area contributed by atoms with Gasteiger partial charge in [0.15, 0.2) is 5.82 Å². The maximum Gasteiger partial charge on any atom is 0.334 e. The second kappa shape index (κ2) is 10.1. The summed E-state index contributed by atoms with van der Waals surface area (Å²) in [5, 5.41) is 3.26. The summed E-state index contributed by atoms with van der Waals surface area (Å²) in [6.07, 6.45) is 6.04. The fourth-order valence-electron chi connectivity index (χ4n) is 3.24. The lowest BCUT2D eigenvalue weighted by Gasteiger charge is -2.22. The van der Waals surface area contributed by atoms with Gasteiger partial charge < -0.3 is 10.1 Å². The summed E-state index contributed by atoms with van der Waals surface area (Å²) in [5.41, 5.74) is 1.35. The smallest absolute Gasteiger partial charge is 0.334 e. The molecule has 0 radical (unpaired) electrons. The fourth-order valence-corrected chi connectivity index (χ4v) is 4.42. The van der Waals surface area contributed by atoms with Crippen molar-refractivity contribution in [1.29, 1.82) is 0 Å². The Kier molecular flexibility index (Phi) is 7.53. The average Bonchev–Trinajstić information content (AvgIpc) is 3.24. The number of nitrogens with zero attached hydrogens (tertiary/aromatic N) is 4. The Balaban J connectivity index is 1.69. The van der Waals surface area contributed by atoms with E-state index in [2.05, 4.69) is 53.2 Å². The molecule has 30 heavy (non-hydrogen) atoms. The molecule has 0 saturated heterocycles. The van der Waals surface area contributed by atoms with Gasteiger partial charge in [0.25, 0.3) is 0 Å². The first-order chi connectivity index (χ1) is 14.4. The number of amides is 2. The van der Waals surface area contributed by atoms with Gasteiger partial charge in [-0.2, -0.15) is 4.98 Å². The molecule has 3 rings (SSSR count). The Hall–Kier alpha value is -2.35. The summed E-state index contributed by atoms with van der Waals surface area (Å²) in [6.45, 7) is 9.19. The quantitative estimate of drug-likeness (QED) is 0.632. The van der Waals surface area contributed by atoms with Gasteiger partial charge in [-0.15, -0.1) is 0 Å². The summed E-state index contributed by atoms with van der Waals surface area (Å²) >= 11 is 1.51. The van der Waals surface area contributed by atoms with Gasteiger partial charge in [0, 0.05) is 11.8 Å². The molecule has 1 aliphatic rings. The number of ether oxygens (including phenoxy) is 1. The molecule has 1 saturated carbocycles. The van der Waals surface area contributed by atoms with E-state index in [9.17, 15) is 4.79 Å². The molecule has 0 bridgehead atoms. The number of urea groups is 1. The van der Waals surface area contributed by atoms with E-state index in [1.807, 2.05) is 19.1 Å². The zero-order chi connectivity index (χ0) is 21.6. The van der Waals surface area contributed by atoms with E-state index in [1.54, 1.807) is 4.31 Å². The highest BCUT2D eigenvalue weighted by Gasteiger charge is 2.26. The van der Waals surface area contributed by atoms with Crippen LogP contribution < -0.4 is 14.4 Å². The minimum Gasteiger partial charge on any atom is -0.486 e. The summed E-state index contributed by atoms with van der Waals surface area (Å²) in [4.78, 5) is 25.5. The molecule has 0 aliphatic heterocycles. The van der Waals surface area contributed by atoms with Crippen LogP contribution in [0, 0.1) is 0 Å². The van der Waals surface area contributed by atoms with Crippen molar-refractivity contribution in [3.63, 3.8) is 0 Å². The van der Waals surface area contributed by atoms with Gasteiger partial charge in [-0.25, -0.2) is 19.1 Å².